The van der Waals surface area contributed by atoms with Crippen molar-refractivity contribution in [3.8, 4) is 0 Å². The lowest BCUT2D eigenvalue weighted by atomic mass is 10.1. The van der Waals surface area contributed by atoms with Crippen molar-refractivity contribution in [2.75, 3.05) is 12.8 Å². The summed E-state index contributed by atoms with van der Waals surface area (Å²) in [5.41, 5.74) is 10.1. The van der Waals surface area contributed by atoms with Gasteiger partial charge in [0.2, 0.25) is 5.91 Å². The molecule has 0 spiro atoms. The van der Waals surface area contributed by atoms with Crippen LogP contribution in [0.4, 0.5) is 5.69 Å². The Labute approximate surface area is 138 Å². The van der Waals surface area contributed by atoms with E-state index >= 15 is 0 Å². The van der Waals surface area contributed by atoms with Gasteiger partial charge in [-0.25, -0.2) is 0 Å². The smallest absolute Gasteiger partial charge is 0.222 e. The maximum atomic E-state index is 12.2. The van der Waals surface area contributed by atoms with Crippen molar-refractivity contribution in [3.05, 3.63) is 65.2 Å². The first-order valence-corrected chi connectivity index (χ1v) is 7.19. The summed E-state index contributed by atoms with van der Waals surface area (Å²) in [7, 11) is 1.84. The number of halogens is 1. The van der Waals surface area contributed by atoms with Gasteiger partial charge in [0.25, 0.3) is 0 Å². The highest BCUT2D eigenvalue weighted by atomic mass is 35.5. The van der Waals surface area contributed by atoms with Crippen LogP contribution >= 0.6 is 12.4 Å². The first-order valence-electron chi connectivity index (χ1n) is 7.19. The number of para-hydroxylation sites is 1. The first kappa shape index (κ1) is 18.1. The lowest BCUT2D eigenvalue weighted by Crippen LogP contribution is -2.26. The van der Waals surface area contributed by atoms with E-state index in [4.69, 9.17) is 5.73 Å². The summed E-state index contributed by atoms with van der Waals surface area (Å²) in [6.07, 6.45) is 1.17. The summed E-state index contributed by atoms with van der Waals surface area (Å²) >= 11 is 0. The predicted molar refractivity (Wildman–Crippen MR) is 94.1 cm³/mol. The number of nitrogens with zero attached hydrogens (tertiary/aromatic N) is 1. The Hall–Kier alpha value is -2.00. The number of nitrogens with two attached hydrogens (primary N) is 1. The molecule has 2 rings (SSSR count). The van der Waals surface area contributed by atoms with Crippen LogP contribution in [0.25, 0.3) is 0 Å². The number of amides is 1. The number of nitrogen functional groups attached to an aromatic ring is 1. The lowest BCUT2D eigenvalue weighted by molar-refractivity contribution is -0.130. The third-order valence-corrected chi connectivity index (χ3v) is 3.63. The fourth-order valence-corrected chi connectivity index (χ4v) is 2.25. The molecule has 0 atom stereocenters. The fourth-order valence-electron chi connectivity index (χ4n) is 2.25. The molecule has 2 aromatic rings. The second kappa shape index (κ2) is 8.44. The Morgan fingerprint density at radius 2 is 1.73 bits per heavy atom. The zero-order valence-corrected chi connectivity index (χ0v) is 13.9. The van der Waals surface area contributed by atoms with Crippen LogP contribution in [0.2, 0.25) is 0 Å². The summed E-state index contributed by atoms with van der Waals surface area (Å²) < 4.78 is 0. The van der Waals surface area contributed by atoms with Crippen LogP contribution < -0.4 is 5.73 Å². The second-order valence-electron chi connectivity index (χ2n) is 5.43. The van der Waals surface area contributed by atoms with Gasteiger partial charge in [0.05, 0.1) is 0 Å². The highest BCUT2D eigenvalue weighted by Gasteiger charge is 2.10. The van der Waals surface area contributed by atoms with E-state index in [9.17, 15) is 4.79 Å². The molecule has 22 heavy (non-hydrogen) atoms. The third kappa shape index (κ3) is 5.08. The average molecular weight is 319 g/mol. The molecule has 0 aliphatic heterocycles. The molecular formula is C18H23ClN2O. The maximum absolute atomic E-state index is 12.2. The Morgan fingerprint density at radius 3 is 2.36 bits per heavy atom. The van der Waals surface area contributed by atoms with Gasteiger partial charge in [-0.3, -0.25) is 4.79 Å². The quantitative estimate of drug-likeness (QED) is 0.856. The number of aryl methyl sites for hydroxylation is 2. The van der Waals surface area contributed by atoms with Crippen molar-refractivity contribution in [1.29, 1.82) is 0 Å². The molecule has 0 saturated carbocycles. The number of rotatable bonds is 5. The van der Waals surface area contributed by atoms with E-state index in [-0.39, 0.29) is 18.3 Å². The van der Waals surface area contributed by atoms with Gasteiger partial charge in [-0.1, -0.05) is 48.0 Å². The van der Waals surface area contributed by atoms with Crippen molar-refractivity contribution in [3.63, 3.8) is 0 Å². The zero-order chi connectivity index (χ0) is 15.2. The third-order valence-electron chi connectivity index (χ3n) is 3.63. The highest BCUT2D eigenvalue weighted by molar-refractivity contribution is 5.85. The van der Waals surface area contributed by atoms with E-state index in [1.807, 2.05) is 31.3 Å². The zero-order valence-electron chi connectivity index (χ0n) is 13.1. The number of hydrogen-bond donors (Lipinski definition) is 1. The maximum Gasteiger partial charge on any atom is 0.222 e. The lowest BCUT2D eigenvalue weighted by Gasteiger charge is -2.17. The molecule has 118 valence electrons. The minimum Gasteiger partial charge on any atom is -0.399 e. The first-order chi connectivity index (χ1) is 10.1. The molecule has 0 fully saturated rings. The van der Waals surface area contributed by atoms with Gasteiger partial charge in [-0.15, -0.1) is 12.4 Å². The van der Waals surface area contributed by atoms with Gasteiger partial charge in [0, 0.05) is 25.7 Å². The normalized spacial score (nSPS) is 9.91. The van der Waals surface area contributed by atoms with Crippen LogP contribution in [0.1, 0.15) is 23.1 Å². The summed E-state index contributed by atoms with van der Waals surface area (Å²) in [6.45, 7) is 2.70. The van der Waals surface area contributed by atoms with E-state index in [2.05, 4.69) is 31.2 Å². The molecule has 4 heteroatoms. The van der Waals surface area contributed by atoms with Gasteiger partial charge in [0.1, 0.15) is 0 Å². The number of carbonyl (C=O) groups excluding carboxylic acids is 1. The summed E-state index contributed by atoms with van der Waals surface area (Å²) in [5, 5.41) is 0. The molecule has 3 nitrogen and oxygen atoms in total. The SMILES string of the molecule is Cc1ccc(CN(C)C(=O)CCc2ccccc2N)cc1.Cl. The molecular weight excluding hydrogens is 296 g/mol. The Balaban J connectivity index is 0.00000242. The minimum absolute atomic E-state index is 0. The topological polar surface area (TPSA) is 46.3 Å². The van der Waals surface area contributed by atoms with Gasteiger partial charge < -0.3 is 10.6 Å². The fraction of sp³-hybridized carbons (Fsp3) is 0.278. The molecule has 0 aliphatic carbocycles. The van der Waals surface area contributed by atoms with Crippen LogP contribution in [-0.4, -0.2) is 17.9 Å². The van der Waals surface area contributed by atoms with Gasteiger partial charge in [-0.2, -0.15) is 0 Å². The molecule has 0 saturated heterocycles. The van der Waals surface area contributed by atoms with Gasteiger partial charge in [0.15, 0.2) is 0 Å². The van der Waals surface area contributed by atoms with E-state index in [1.165, 1.54) is 5.56 Å². The standard InChI is InChI=1S/C18H22N2O.ClH/c1-14-7-9-15(10-8-14)13-20(2)18(21)12-11-16-5-3-4-6-17(16)19;/h3-10H,11-13,19H2,1-2H3;1H. The molecule has 1 amide bonds. The van der Waals surface area contributed by atoms with E-state index in [0.29, 0.717) is 19.4 Å². The molecule has 2 N–H and O–H groups in total. The van der Waals surface area contributed by atoms with Crippen molar-refractivity contribution in [2.45, 2.75) is 26.3 Å². The van der Waals surface area contributed by atoms with Crippen LogP contribution in [0.3, 0.4) is 0 Å². The number of benzene rings is 2. The van der Waals surface area contributed by atoms with Crippen molar-refractivity contribution < 1.29 is 4.79 Å². The summed E-state index contributed by atoms with van der Waals surface area (Å²) in [4.78, 5) is 14.0. The van der Waals surface area contributed by atoms with Crippen molar-refractivity contribution >= 4 is 24.0 Å². The Kier molecular flexibility index (Phi) is 6.93. The van der Waals surface area contributed by atoms with Gasteiger partial charge >= 0.3 is 0 Å². The molecule has 0 radical (unpaired) electrons. The van der Waals surface area contributed by atoms with Crippen LogP contribution in [0.15, 0.2) is 48.5 Å². The minimum atomic E-state index is 0. The predicted octanol–water partition coefficient (Wildman–Crippen LogP) is 3.59. The Morgan fingerprint density at radius 1 is 1.09 bits per heavy atom. The van der Waals surface area contributed by atoms with Gasteiger partial charge in [-0.05, 0) is 30.5 Å². The number of carbonyl (C=O) groups is 1. The summed E-state index contributed by atoms with van der Waals surface area (Å²) in [6, 6.07) is 16.0. The van der Waals surface area contributed by atoms with Crippen LogP contribution in [0, 0.1) is 6.92 Å². The number of anilines is 1. The highest BCUT2D eigenvalue weighted by Crippen LogP contribution is 2.14. The molecule has 0 aromatic heterocycles. The van der Waals surface area contributed by atoms with E-state index in [0.717, 1.165) is 16.8 Å². The second-order valence-corrected chi connectivity index (χ2v) is 5.43. The van der Waals surface area contributed by atoms with E-state index in [1.54, 1.807) is 4.90 Å². The Bertz CT molecular complexity index is 611. The average Bonchev–Trinajstić information content (AvgIpc) is 2.48. The van der Waals surface area contributed by atoms with Crippen molar-refractivity contribution in [1.82, 2.24) is 4.90 Å². The molecule has 0 heterocycles. The summed E-state index contributed by atoms with van der Waals surface area (Å²) in [5.74, 6) is 0.138. The molecule has 0 unspecified atom stereocenters. The van der Waals surface area contributed by atoms with Crippen LogP contribution in [0.5, 0.6) is 0 Å². The molecule has 0 aliphatic rings. The number of hydrogen-bond acceptors (Lipinski definition) is 2. The van der Waals surface area contributed by atoms with Crippen molar-refractivity contribution in [2.24, 2.45) is 0 Å². The van der Waals surface area contributed by atoms with Crippen LogP contribution in [-0.2, 0) is 17.8 Å². The monoisotopic (exact) mass is 318 g/mol. The molecule has 2 aromatic carbocycles. The van der Waals surface area contributed by atoms with E-state index < -0.39 is 0 Å². The molecule has 0 bridgehead atoms. The largest absolute Gasteiger partial charge is 0.399 e.